The third-order valence-corrected chi connectivity index (χ3v) is 4.43. The zero-order valence-electron chi connectivity index (χ0n) is 14.2. The number of nitriles is 1. The van der Waals surface area contributed by atoms with E-state index in [1.165, 1.54) is 5.39 Å². The van der Waals surface area contributed by atoms with Crippen molar-refractivity contribution in [2.75, 3.05) is 0 Å². The van der Waals surface area contributed by atoms with Gasteiger partial charge in [-0.2, -0.15) is 5.26 Å². The van der Waals surface area contributed by atoms with Crippen molar-refractivity contribution in [2.24, 2.45) is 0 Å². The summed E-state index contributed by atoms with van der Waals surface area (Å²) in [4.78, 5) is 0. The average molecular weight is 392 g/mol. The molecule has 0 aromatic heterocycles. The van der Waals surface area contributed by atoms with Crippen LogP contribution in [0.15, 0.2) is 65.1 Å². The van der Waals surface area contributed by atoms with Crippen molar-refractivity contribution in [1.82, 2.24) is 0 Å². The van der Waals surface area contributed by atoms with Crippen molar-refractivity contribution in [3.05, 3.63) is 76.3 Å². The molecule has 3 aromatic rings. The van der Waals surface area contributed by atoms with E-state index < -0.39 is 0 Å². The van der Waals surface area contributed by atoms with Crippen LogP contribution in [0.5, 0.6) is 5.75 Å². The maximum Gasteiger partial charge on any atom is 0.133 e. The van der Waals surface area contributed by atoms with Gasteiger partial charge in [-0.3, -0.25) is 0 Å². The molecule has 0 heterocycles. The van der Waals surface area contributed by atoms with Crippen LogP contribution < -0.4 is 4.74 Å². The summed E-state index contributed by atoms with van der Waals surface area (Å²) in [5, 5.41) is 11.9. The molecule has 0 radical (unpaired) electrons. The number of benzene rings is 3. The van der Waals surface area contributed by atoms with Gasteiger partial charge in [-0.15, -0.1) is 0 Å². The van der Waals surface area contributed by atoms with Crippen molar-refractivity contribution in [1.29, 1.82) is 5.26 Å². The molecule has 3 aromatic carbocycles. The van der Waals surface area contributed by atoms with Crippen molar-refractivity contribution in [2.45, 2.75) is 20.0 Å². The normalized spacial score (nSPS) is 11.6. The fraction of sp³-hybridized carbons (Fsp3) is 0.136. The smallest absolute Gasteiger partial charge is 0.133 e. The molecular formula is C22H18BrNO. The SMILES string of the molecule is CC(C)Oc1ccc(/C=C(/C#N)c2ccc3ccccc3c2)cc1Br. The van der Waals surface area contributed by atoms with Gasteiger partial charge in [0, 0.05) is 0 Å². The Morgan fingerprint density at radius 3 is 2.48 bits per heavy atom. The molecular weight excluding hydrogens is 374 g/mol. The molecule has 0 spiro atoms. The first kappa shape index (κ1) is 17.3. The Hall–Kier alpha value is -2.57. The van der Waals surface area contributed by atoms with E-state index in [1.807, 2.05) is 62.4 Å². The van der Waals surface area contributed by atoms with Gasteiger partial charge >= 0.3 is 0 Å². The molecule has 124 valence electrons. The highest BCUT2D eigenvalue weighted by atomic mass is 79.9. The van der Waals surface area contributed by atoms with Gasteiger partial charge < -0.3 is 4.74 Å². The lowest BCUT2D eigenvalue weighted by molar-refractivity contribution is 0.241. The summed E-state index contributed by atoms with van der Waals surface area (Å²) in [5.41, 5.74) is 2.50. The molecule has 3 rings (SSSR count). The molecule has 0 aliphatic heterocycles. The van der Waals surface area contributed by atoms with E-state index in [4.69, 9.17) is 4.74 Å². The van der Waals surface area contributed by atoms with Gasteiger partial charge in [-0.25, -0.2) is 0 Å². The molecule has 0 amide bonds. The van der Waals surface area contributed by atoms with Crippen LogP contribution in [-0.4, -0.2) is 6.10 Å². The largest absolute Gasteiger partial charge is 0.490 e. The third-order valence-electron chi connectivity index (χ3n) is 3.81. The van der Waals surface area contributed by atoms with Gasteiger partial charge in [0.2, 0.25) is 0 Å². The Balaban J connectivity index is 1.97. The van der Waals surface area contributed by atoms with Gasteiger partial charge in [0.05, 0.1) is 22.2 Å². The maximum absolute atomic E-state index is 9.60. The average Bonchev–Trinajstić information content (AvgIpc) is 2.61. The third kappa shape index (κ3) is 4.10. The fourth-order valence-electron chi connectivity index (χ4n) is 2.66. The Morgan fingerprint density at radius 2 is 1.80 bits per heavy atom. The summed E-state index contributed by atoms with van der Waals surface area (Å²) in [6.45, 7) is 3.99. The molecule has 0 N–H and O–H groups in total. The Labute approximate surface area is 156 Å². The van der Waals surface area contributed by atoms with Gasteiger partial charge in [0.15, 0.2) is 0 Å². The molecule has 0 bridgehead atoms. The highest BCUT2D eigenvalue weighted by Gasteiger charge is 2.06. The van der Waals surface area contributed by atoms with Crippen LogP contribution in [0.4, 0.5) is 0 Å². The second-order valence-corrected chi connectivity index (χ2v) is 6.94. The number of fused-ring (bicyclic) bond motifs is 1. The molecule has 0 unspecified atom stereocenters. The van der Waals surface area contributed by atoms with Crippen LogP contribution >= 0.6 is 15.9 Å². The quantitative estimate of drug-likeness (QED) is 0.377. The lowest BCUT2D eigenvalue weighted by atomic mass is 10.0. The van der Waals surface area contributed by atoms with Crippen LogP contribution in [0.2, 0.25) is 0 Å². The summed E-state index contributed by atoms with van der Waals surface area (Å²) in [7, 11) is 0. The van der Waals surface area contributed by atoms with Gasteiger partial charge in [-0.05, 0) is 76.0 Å². The summed E-state index contributed by atoms with van der Waals surface area (Å²) < 4.78 is 6.61. The molecule has 3 heteroatoms. The van der Waals surface area contributed by atoms with Crippen molar-refractivity contribution >= 4 is 38.4 Å². The second kappa shape index (κ2) is 7.55. The van der Waals surface area contributed by atoms with Crippen molar-refractivity contribution in [3.63, 3.8) is 0 Å². The van der Waals surface area contributed by atoms with Crippen molar-refractivity contribution in [3.8, 4) is 11.8 Å². The van der Waals surface area contributed by atoms with Crippen LogP contribution in [0.1, 0.15) is 25.0 Å². The Kier molecular flexibility index (Phi) is 5.21. The van der Waals surface area contributed by atoms with E-state index >= 15 is 0 Å². The molecule has 2 nitrogen and oxygen atoms in total. The predicted molar refractivity (Wildman–Crippen MR) is 107 cm³/mol. The van der Waals surface area contributed by atoms with Gasteiger partial charge in [0.25, 0.3) is 0 Å². The summed E-state index contributed by atoms with van der Waals surface area (Å²) >= 11 is 3.54. The topological polar surface area (TPSA) is 33.0 Å². The first-order valence-electron chi connectivity index (χ1n) is 8.14. The number of halogens is 1. The van der Waals surface area contributed by atoms with E-state index in [0.29, 0.717) is 5.57 Å². The minimum absolute atomic E-state index is 0.116. The highest BCUT2D eigenvalue weighted by Crippen LogP contribution is 2.29. The number of ether oxygens (including phenoxy) is 1. The zero-order valence-corrected chi connectivity index (χ0v) is 15.7. The first-order chi connectivity index (χ1) is 12.1. The second-order valence-electron chi connectivity index (χ2n) is 6.09. The van der Waals surface area contributed by atoms with E-state index in [1.54, 1.807) is 0 Å². The van der Waals surface area contributed by atoms with E-state index in [2.05, 4.69) is 40.2 Å². The van der Waals surface area contributed by atoms with Crippen LogP contribution in [0.3, 0.4) is 0 Å². The number of allylic oxidation sites excluding steroid dienone is 1. The number of nitrogens with zero attached hydrogens (tertiary/aromatic N) is 1. The van der Waals surface area contributed by atoms with Gasteiger partial charge in [-0.1, -0.05) is 42.5 Å². The van der Waals surface area contributed by atoms with Crippen LogP contribution in [-0.2, 0) is 0 Å². The number of hydrogen-bond donors (Lipinski definition) is 0. The summed E-state index contributed by atoms with van der Waals surface area (Å²) in [6.07, 6.45) is 2.01. The Bertz CT molecular complexity index is 983. The van der Waals surface area contributed by atoms with Crippen molar-refractivity contribution < 1.29 is 4.74 Å². The fourth-order valence-corrected chi connectivity index (χ4v) is 3.15. The lowest BCUT2D eigenvalue weighted by Gasteiger charge is -2.11. The van der Waals surface area contributed by atoms with Crippen LogP contribution in [0.25, 0.3) is 22.4 Å². The molecule has 0 atom stereocenters. The molecule has 0 fully saturated rings. The first-order valence-corrected chi connectivity index (χ1v) is 8.93. The Morgan fingerprint density at radius 1 is 1.04 bits per heavy atom. The standard InChI is InChI=1S/C22H18BrNO/c1-15(2)25-22-10-7-16(12-21(22)23)11-20(14-24)19-9-8-17-5-3-4-6-18(17)13-19/h3-13,15H,1-2H3/b20-11-. The lowest BCUT2D eigenvalue weighted by Crippen LogP contribution is -2.05. The minimum Gasteiger partial charge on any atom is -0.490 e. The van der Waals surface area contributed by atoms with E-state index in [9.17, 15) is 5.26 Å². The maximum atomic E-state index is 9.60. The zero-order chi connectivity index (χ0) is 17.8. The molecule has 25 heavy (non-hydrogen) atoms. The molecule has 0 aliphatic carbocycles. The van der Waals surface area contributed by atoms with E-state index in [0.717, 1.165) is 26.7 Å². The monoisotopic (exact) mass is 391 g/mol. The summed E-state index contributed by atoms with van der Waals surface area (Å²) in [6, 6.07) is 22.4. The molecule has 0 aliphatic rings. The van der Waals surface area contributed by atoms with E-state index in [-0.39, 0.29) is 6.10 Å². The number of rotatable bonds is 4. The minimum atomic E-state index is 0.116. The van der Waals surface area contributed by atoms with Crippen LogP contribution in [0, 0.1) is 11.3 Å². The highest BCUT2D eigenvalue weighted by molar-refractivity contribution is 9.10. The molecule has 0 saturated carbocycles. The predicted octanol–water partition coefficient (Wildman–Crippen LogP) is 6.45. The van der Waals surface area contributed by atoms with Gasteiger partial charge in [0.1, 0.15) is 5.75 Å². The molecule has 0 saturated heterocycles. The number of hydrogen-bond acceptors (Lipinski definition) is 2. The summed E-state index contributed by atoms with van der Waals surface area (Å²) in [5.74, 6) is 0.802.